The highest BCUT2D eigenvalue weighted by Crippen LogP contribution is 2.14. The quantitative estimate of drug-likeness (QED) is 0.839. The highest BCUT2D eigenvalue weighted by Gasteiger charge is 2.10. The molecule has 18 heavy (non-hydrogen) atoms. The Balaban J connectivity index is 1.91. The van der Waals surface area contributed by atoms with Gasteiger partial charge in [0.1, 0.15) is 5.82 Å². The van der Waals surface area contributed by atoms with Crippen LogP contribution in [0.15, 0.2) is 41.1 Å². The fraction of sp³-hybridized carbons (Fsp3) is 0.333. The summed E-state index contributed by atoms with van der Waals surface area (Å²) in [6.07, 6.45) is 2.82. The number of thiophene rings is 1. The molecule has 1 nitrogen and oxygen atoms in total. The summed E-state index contributed by atoms with van der Waals surface area (Å²) in [6, 6.07) is 9.50. The van der Waals surface area contributed by atoms with Crippen LogP contribution in [0.1, 0.15) is 17.5 Å². The molecule has 1 aromatic heterocycles. The third-order valence-electron chi connectivity index (χ3n) is 3.19. The molecule has 1 unspecified atom stereocenters. The molecule has 0 radical (unpaired) electrons. The smallest absolute Gasteiger partial charge is 0.126 e. The van der Waals surface area contributed by atoms with Crippen molar-refractivity contribution < 1.29 is 4.39 Å². The first-order valence-corrected chi connectivity index (χ1v) is 7.15. The molecule has 2 rings (SSSR count). The van der Waals surface area contributed by atoms with Gasteiger partial charge in [-0.1, -0.05) is 18.2 Å². The minimum absolute atomic E-state index is 0.103. The highest BCUT2D eigenvalue weighted by atomic mass is 32.1. The Kier molecular flexibility index (Phi) is 4.90. The van der Waals surface area contributed by atoms with Crippen LogP contribution in [-0.2, 0) is 12.8 Å². The normalized spacial score (nSPS) is 12.6. The third-order valence-corrected chi connectivity index (χ3v) is 3.93. The average molecular weight is 263 g/mol. The second kappa shape index (κ2) is 6.66. The van der Waals surface area contributed by atoms with E-state index in [4.69, 9.17) is 0 Å². The monoisotopic (exact) mass is 263 g/mol. The fourth-order valence-corrected chi connectivity index (χ4v) is 2.76. The molecular formula is C15H18FNS. The van der Waals surface area contributed by atoms with Gasteiger partial charge in [0.15, 0.2) is 0 Å². The van der Waals surface area contributed by atoms with Crippen molar-refractivity contribution in [1.29, 1.82) is 0 Å². The Labute approximate surface area is 112 Å². The van der Waals surface area contributed by atoms with Gasteiger partial charge < -0.3 is 5.32 Å². The first-order chi connectivity index (χ1) is 8.79. The number of rotatable bonds is 6. The van der Waals surface area contributed by atoms with E-state index in [2.05, 4.69) is 22.1 Å². The van der Waals surface area contributed by atoms with Crippen molar-refractivity contribution in [3.05, 3.63) is 58.0 Å². The maximum absolute atomic E-state index is 13.6. The van der Waals surface area contributed by atoms with Crippen molar-refractivity contribution in [2.45, 2.75) is 25.3 Å². The molecule has 3 heteroatoms. The fourth-order valence-electron chi connectivity index (χ4n) is 2.05. The number of aryl methyl sites for hydroxylation is 1. The zero-order chi connectivity index (χ0) is 12.8. The van der Waals surface area contributed by atoms with Crippen LogP contribution in [-0.4, -0.2) is 13.1 Å². The standard InChI is InChI=1S/C15H18FNS/c1-17-14(7-6-12-8-9-18-11-12)10-13-4-2-3-5-15(13)16/h2-5,8-9,11,14,17H,6-7,10H2,1H3. The molecule has 2 aromatic rings. The zero-order valence-electron chi connectivity index (χ0n) is 10.5. The number of likely N-dealkylation sites (N-methyl/N-ethyl adjacent to an activating group) is 1. The van der Waals surface area contributed by atoms with Crippen LogP contribution in [0.5, 0.6) is 0 Å². The summed E-state index contributed by atoms with van der Waals surface area (Å²) in [4.78, 5) is 0. The van der Waals surface area contributed by atoms with E-state index in [0.717, 1.165) is 24.8 Å². The third kappa shape index (κ3) is 3.65. The Morgan fingerprint density at radius 2 is 2.11 bits per heavy atom. The lowest BCUT2D eigenvalue weighted by Crippen LogP contribution is -2.28. The second-order valence-corrected chi connectivity index (χ2v) is 5.23. The molecule has 0 amide bonds. The van der Waals surface area contributed by atoms with Gasteiger partial charge in [-0.25, -0.2) is 4.39 Å². The summed E-state index contributed by atoms with van der Waals surface area (Å²) in [5, 5.41) is 7.55. The molecule has 1 aromatic carbocycles. The van der Waals surface area contributed by atoms with E-state index in [1.165, 1.54) is 11.6 Å². The van der Waals surface area contributed by atoms with Crippen LogP contribution in [0.4, 0.5) is 4.39 Å². The van der Waals surface area contributed by atoms with Crippen LogP contribution in [0.25, 0.3) is 0 Å². The van der Waals surface area contributed by atoms with E-state index in [1.54, 1.807) is 17.4 Å². The lowest BCUT2D eigenvalue weighted by atomic mass is 10.00. The Morgan fingerprint density at radius 3 is 2.78 bits per heavy atom. The lowest BCUT2D eigenvalue weighted by molar-refractivity contribution is 0.505. The Hall–Kier alpha value is -1.19. The molecule has 0 spiro atoms. The Bertz CT molecular complexity index is 467. The van der Waals surface area contributed by atoms with Crippen molar-refractivity contribution in [1.82, 2.24) is 5.32 Å². The molecule has 96 valence electrons. The summed E-state index contributed by atoms with van der Waals surface area (Å²) in [7, 11) is 1.94. The van der Waals surface area contributed by atoms with Gasteiger partial charge in [-0.15, -0.1) is 0 Å². The summed E-state index contributed by atoms with van der Waals surface area (Å²) in [6.45, 7) is 0. The summed E-state index contributed by atoms with van der Waals surface area (Å²) in [5.41, 5.74) is 2.16. The van der Waals surface area contributed by atoms with E-state index in [0.29, 0.717) is 6.04 Å². The minimum atomic E-state index is -0.103. The van der Waals surface area contributed by atoms with E-state index in [-0.39, 0.29) is 5.82 Å². The largest absolute Gasteiger partial charge is 0.317 e. The van der Waals surface area contributed by atoms with Gasteiger partial charge in [0.2, 0.25) is 0 Å². The molecular weight excluding hydrogens is 245 g/mol. The number of hydrogen-bond donors (Lipinski definition) is 1. The topological polar surface area (TPSA) is 12.0 Å². The molecule has 0 saturated heterocycles. The summed E-state index contributed by atoms with van der Waals surface area (Å²) < 4.78 is 13.6. The van der Waals surface area contributed by atoms with Crippen molar-refractivity contribution in [2.24, 2.45) is 0 Å². The van der Waals surface area contributed by atoms with Crippen LogP contribution < -0.4 is 5.32 Å². The van der Waals surface area contributed by atoms with Crippen molar-refractivity contribution >= 4 is 11.3 Å². The predicted molar refractivity (Wildman–Crippen MR) is 75.6 cm³/mol. The van der Waals surface area contributed by atoms with E-state index < -0.39 is 0 Å². The van der Waals surface area contributed by atoms with Gasteiger partial charge in [0.05, 0.1) is 0 Å². The van der Waals surface area contributed by atoms with Gasteiger partial charge in [-0.2, -0.15) is 11.3 Å². The van der Waals surface area contributed by atoms with Gasteiger partial charge in [0.25, 0.3) is 0 Å². The minimum Gasteiger partial charge on any atom is -0.317 e. The number of hydrogen-bond acceptors (Lipinski definition) is 2. The average Bonchev–Trinajstić information content (AvgIpc) is 2.90. The summed E-state index contributed by atoms with van der Waals surface area (Å²) in [5.74, 6) is -0.103. The second-order valence-electron chi connectivity index (χ2n) is 4.45. The molecule has 0 aliphatic rings. The number of nitrogens with one attached hydrogen (secondary N) is 1. The summed E-state index contributed by atoms with van der Waals surface area (Å²) >= 11 is 1.72. The van der Waals surface area contributed by atoms with Crippen molar-refractivity contribution in [2.75, 3.05) is 7.05 Å². The molecule has 1 atom stereocenters. The Morgan fingerprint density at radius 1 is 1.28 bits per heavy atom. The maximum Gasteiger partial charge on any atom is 0.126 e. The van der Waals surface area contributed by atoms with E-state index in [9.17, 15) is 4.39 Å². The molecule has 1 heterocycles. The van der Waals surface area contributed by atoms with Crippen LogP contribution in [0, 0.1) is 5.82 Å². The van der Waals surface area contributed by atoms with Gasteiger partial charge >= 0.3 is 0 Å². The molecule has 1 N–H and O–H groups in total. The van der Waals surface area contributed by atoms with E-state index in [1.807, 2.05) is 19.2 Å². The maximum atomic E-state index is 13.6. The highest BCUT2D eigenvalue weighted by molar-refractivity contribution is 7.07. The molecule has 0 fully saturated rings. The molecule has 0 bridgehead atoms. The lowest BCUT2D eigenvalue weighted by Gasteiger charge is -2.16. The van der Waals surface area contributed by atoms with Crippen molar-refractivity contribution in [3.8, 4) is 0 Å². The van der Waals surface area contributed by atoms with Gasteiger partial charge in [-0.3, -0.25) is 0 Å². The molecule has 0 saturated carbocycles. The number of benzene rings is 1. The first kappa shape index (κ1) is 13.2. The van der Waals surface area contributed by atoms with E-state index >= 15 is 0 Å². The zero-order valence-corrected chi connectivity index (χ0v) is 11.3. The van der Waals surface area contributed by atoms with Gasteiger partial charge in [-0.05, 0) is 60.3 Å². The van der Waals surface area contributed by atoms with Gasteiger partial charge in [0, 0.05) is 6.04 Å². The SMILES string of the molecule is CNC(CCc1ccsc1)Cc1ccccc1F. The molecule has 0 aliphatic carbocycles. The number of halogens is 1. The first-order valence-electron chi connectivity index (χ1n) is 6.21. The van der Waals surface area contributed by atoms with Crippen LogP contribution in [0.2, 0.25) is 0 Å². The van der Waals surface area contributed by atoms with Crippen LogP contribution in [0.3, 0.4) is 0 Å². The predicted octanol–water partition coefficient (Wildman–Crippen LogP) is 3.65. The molecule has 0 aliphatic heterocycles. The van der Waals surface area contributed by atoms with Crippen LogP contribution >= 0.6 is 11.3 Å². The van der Waals surface area contributed by atoms with Crippen molar-refractivity contribution in [3.63, 3.8) is 0 Å².